The third kappa shape index (κ3) is 4.75. The number of nitrogens with zero attached hydrogens (tertiary/aromatic N) is 3. The fraction of sp³-hybridized carbons (Fsp3) is 0.250. The molecule has 1 aromatic heterocycles. The maximum Gasteiger partial charge on any atom is 0.373 e. The minimum absolute atomic E-state index is 0.0716. The molecule has 0 saturated carbocycles. The Labute approximate surface area is 165 Å². The van der Waals surface area contributed by atoms with Crippen molar-refractivity contribution in [2.24, 2.45) is 10.7 Å². The summed E-state index contributed by atoms with van der Waals surface area (Å²) >= 11 is 2.89. The normalized spacial score (nSPS) is 18.8. The van der Waals surface area contributed by atoms with Crippen molar-refractivity contribution in [2.75, 3.05) is 13.2 Å². The van der Waals surface area contributed by atoms with E-state index in [1.807, 2.05) is 0 Å². The van der Waals surface area contributed by atoms with E-state index in [2.05, 4.69) is 30.9 Å². The average molecular weight is 461 g/mol. The minimum Gasteiger partial charge on any atom is -0.699 e. The van der Waals surface area contributed by atoms with Gasteiger partial charge in [-0.25, -0.2) is 27.9 Å². The number of hydrogen-bond donors (Lipinski definition) is 2. The highest BCUT2D eigenvalue weighted by Crippen LogP contribution is 2.40. The lowest BCUT2D eigenvalue weighted by molar-refractivity contribution is -0.0146. The van der Waals surface area contributed by atoms with Gasteiger partial charge >= 0.3 is 5.97 Å². The first-order chi connectivity index (χ1) is 13.2. The summed E-state index contributed by atoms with van der Waals surface area (Å²) in [6.07, 6.45) is -0.234. The molecule has 1 aliphatic rings. The summed E-state index contributed by atoms with van der Waals surface area (Å²) in [6.45, 7) is -0.560. The van der Waals surface area contributed by atoms with Gasteiger partial charge in [0.1, 0.15) is 18.3 Å². The molecule has 1 aromatic carbocycles. The van der Waals surface area contributed by atoms with Crippen LogP contribution in [0.1, 0.15) is 16.2 Å². The number of amidine groups is 1. The Hall–Kier alpha value is -2.73. The van der Waals surface area contributed by atoms with E-state index in [-0.39, 0.29) is 28.4 Å². The third-order valence-corrected chi connectivity index (χ3v) is 4.10. The Kier molecular flexibility index (Phi) is 6.91. The van der Waals surface area contributed by atoms with Crippen LogP contribution in [0, 0.1) is 5.82 Å². The number of carboxylic acid groups (broad SMARTS) is 1. The van der Waals surface area contributed by atoms with Gasteiger partial charge in [0, 0.05) is 18.0 Å². The van der Waals surface area contributed by atoms with E-state index in [0.29, 0.717) is 0 Å². The first-order valence-electron chi connectivity index (χ1n) is 7.59. The zero-order valence-electron chi connectivity index (χ0n) is 14.1. The molecule has 2 heterocycles. The van der Waals surface area contributed by atoms with E-state index >= 15 is 0 Å². The molecule has 1 atom stereocenters. The van der Waals surface area contributed by atoms with Crippen molar-refractivity contribution in [3.8, 4) is 0 Å². The standard InChI is InChI=1S/C11H10BrF3N3O.C5H4N2O2/c12-7-2-5(16)1-6(9(7)13)11(10(14)15)4-19-3-8(17)18-11;8-5(9)4-6-2-1-3-7-4/h1-2,10,16H,3-4H2,(H2,17,18);1-3H,(H,8,9)/q-1;/t11-;/m0./s1. The monoisotopic (exact) mass is 460 g/mol. The summed E-state index contributed by atoms with van der Waals surface area (Å²) in [5.74, 6) is -2.29. The fourth-order valence-corrected chi connectivity index (χ4v) is 2.77. The SMILES string of the molecule is O=C(O)c1ncccn1.[NH-]c1cc(Br)c(F)c([C@]2(C(F)F)COCC(N)=N2)c1. The maximum atomic E-state index is 14.1. The molecule has 1 aliphatic heterocycles. The Morgan fingerprint density at radius 2 is 2.00 bits per heavy atom. The highest BCUT2D eigenvalue weighted by Gasteiger charge is 2.46. The minimum atomic E-state index is -3.01. The second kappa shape index (κ2) is 8.97. The largest absolute Gasteiger partial charge is 0.699 e. The van der Waals surface area contributed by atoms with E-state index < -0.39 is 35.9 Å². The van der Waals surface area contributed by atoms with Crippen LogP contribution in [0.25, 0.3) is 5.73 Å². The second-order valence-corrected chi connectivity index (χ2v) is 6.37. The van der Waals surface area contributed by atoms with Crippen LogP contribution in [0.4, 0.5) is 18.9 Å². The molecule has 0 fully saturated rings. The first kappa shape index (κ1) is 21.6. The summed E-state index contributed by atoms with van der Waals surface area (Å²) in [7, 11) is 0. The summed E-state index contributed by atoms with van der Waals surface area (Å²) in [5, 5.41) is 8.26. The van der Waals surface area contributed by atoms with Crippen molar-refractivity contribution in [1.82, 2.24) is 9.97 Å². The molecule has 12 heteroatoms. The van der Waals surface area contributed by atoms with E-state index in [1.165, 1.54) is 18.5 Å². The lowest BCUT2D eigenvalue weighted by Crippen LogP contribution is -2.45. The summed E-state index contributed by atoms with van der Waals surface area (Å²) in [4.78, 5) is 20.7. The number of nitrogens with two attached hydrogens (primary N) is 1. The van der Waals surface area contributed by atoms with Crippen LogP contribution in [-0.4, -0.2) is 46.5 Å². The van der Waals surface area contributed by atoms with E-state index in [0.717, 1.165) is 6.07 Å². The molecule has 28 heavy (non-hydrogen) atoms. The van der Waals surface area contributed by atoms with Crippen LogP contribution < -0.4 is 5.73 Å². The Morgan fingerprint density at radius 1 is 1.36 bits per heavy atom. The van der Waals surface area contributed by atoms with Crippen molar-refractivity contribution in [1.29, 1.82) is 0 Å². The fourth-order valence-electron chi connectivity index (χ4n) is 2.31. The number of carboxylic acids is 1. The number of halogens is 4. The molecule has 0 radical (unpaired) electrons. The molecule has 0 bridgehead atoms. The second-order valence-electron chi connectivity index (χ2n) is 5.52. The van der Waals surface area contributed by atoms with Crippen LogP contribution in [0.3, 0.4) is 0 Å². The summed E-state index contributed by atoms with van der Waals surface area (Å²) < 4.78 is 45.7. The molecule has 4 N–H and O–H groups in total. The number of nitrogens with one attached hydrogen (secondary N) is 1. The number of aromatic carboxylic acids is 1. The molecule has 150 valence electrons. The molecule has 0 saturated heterocycles. The van der Waals surface area contributed by atoms with Crippen molar-refractivity contribution in [3.05, 3.63) is 58.0 Å². The topological polar surface area (TPSA) is 134 Å². The summed E-state index contributed by atoms with van der Waals surface area (Å²) in [5.41, 5.74) is 10.2. The number of benzene rings is 1. The molecule has 0 unspecified atom stereocenters. The number of hydrogen-bond acceptors (Lipinski definition) is 6. The molecule has 0 spiro atoms. The van der Waals surface area contributed by atoms with Gasteiger partial charge < -0.3 is 21.3 Å². The number of rotatable bonds is 3. The Balaban J connectivity index is 0.000000261. The van der Waals surface area contributed by atoms with Gasteiger partial charge in [-0.3, -0.25) is 4.99 Å². The van der Waals surface area contributed by atoms with Gasteiger partial charge in [0.25, 0.3) is 6.43 Å². The zero-order chi connectivity index (χ0) is 20.9. The summed E-state index contributed by atoms with van der Waals surface area (Å²) in [6, 6.07) is 3.75. The molecule has 8 nitrogen and oxygen atoms in total. The molecular weight excluding hydrogens is 447 g/mol. The predicted octanol–water partition coefficient (Wildman–Crippen LogP) is 3.29. The van der Waals surface area contributed by atoms with Crippen LogP contribution in [0.15, 0.2) is 40.1 Å². The highest BCUT2D eigenvalue weighted by molar-refractivity contribution is 9.10. The van der Waals surface area contributed by atoms with Crippen LogP contribution in [-0.2, 0) is 10.3 Å². The number of ether oxygens (including phenoxy) is 1. The smallest absolute Gasteiger partial charge is 0.373 e. The molecule has 3 rings (SSSR count). The van der Waals surface area contributed by atoms with Gasteiger partial charge in [-0.1, -0.05) is 12.1 Å². The molecule has 0 aliphatic carbocycles. The molecular formula is C16H14BrF3N5O3-. The van der Waals surface area contributed by atoms with Crippen LogP contribution in [0.2, 0.25) is 0 Å². The van der Waals surface area contributed by atoms with Crippen LogP contribution in [0.5, 0.6) is 0 Å². The lowest BCUT2D eigenvalue weighted by Gasteiger charge is -2.34. The number of alkyl halides is 2. The van der Waals surface area contributed by atoms with Gasteiger partial charge in [0.2, 0.25) is 5.82 Å². The predicted molar refractivity (Wildman–Crippen MR) is 97.2 cm³/mol. The van der Waals surface area contributed by atoms with Gasteiger partial charge in [0.05, 0.1) is 11.1 Å². The maximum absolute atomic E-state index is 14.1. The first-order valence-corrected chi connectivity index (χ1v) is 8.38. The van der Waals surface area contributed by atoms with E-state index in [9.17, 15) is 18.0 Å². The zero-order valence-corrected chi connectivity index (χ0v) is 15.7. The number of aromatic nitrogens is 2. The molecule has 2 aromatic rings. The molecule has 0 amide bonds. The van der Waals surface area contributed by atoms with Crippen molar-refractivity contribution in [2.45, 2.75) is 12.0 Å². The number of carbonyl (C=O) groups is 1. The Morgan fingerprint density at radius 3 is 2.50 bits per heavy atom. The van der Waals surface area contributed by atoms with Gasteiger partial charge in [-0.05, 0) is 22.0 Å². The average Bonchev–Trinajstić information content (AvgIpc) is 2.65. The third-order valence-electron chi connectivity index (χ3n) is 3.53. The van der Waals surface area contributed by atoms with Gasteiger partial charge in [-0.15, -0.1) is 5.69 Å². The Bertz CT molecular complexity index is 885. The van der Waals surface area contributed by atoms with Crippen molar-refractivity contribution >= 4 is 33.4 Å². The van der Waals surface area contributed by atoms with Crippen LogP contribution >= 0.6 is 15.9 Å². The number of aliphatic imine (C=N–C) groups is 1. The quantitative estimate of drug-likeness (QED) is 0.721. The lowest BCUT2D eigenvalue weighted by atomic mass is 9.90. The van der Waals surface area contributed by atoms with E-state index in [4.69, 9.17) is 21.3 Å². The van der Waals surface area contributed by atoms with E-state index in [1.54, 1.807) is 6.07 Å². The van der Waals surface area contributed by atoms with Crippen molar-refractivity contribution < 1.29 is 27.8 Å². The van der Waals surface area contributed by atoms with Gasteiger partial charge in [-0.2, -0.15) is 0 Å². The highest BCUT2D eigenvalue weighted by atomic mass is 79.9. The van der Waals surface area contributed by atoms with Gasteiger partial charge in [0.15, 0.2) is 5.54 Å². The van der Waals surface area contributed by atoms with Crippen molar-refractivity contribution in [3.63, 3.8) is 0 Å².